The van der Waals surface area contributed by atoms with Gasteiger partial charge < -0.3 is 24.8 Å². The Bertz CT molecular complexity index is 1170. The molecule has 2 aromatic carbocycles. The van der Waals surface area contributed by atoms with E-state index < -0.39 is 21.3 Å². The van der Waals surface area contributed by atoms with Crippen molar-refractivity contribution in [1.82, 2.24) is 0 Å². The summed E-state index contributed by atoms with van der Waals surface area (Å²) in [4.78, 5) is 0. The summed E-state index contributed by atoms with van der Waals surface area (Å²) in [5.41, 5.74) is 10.3. The molecule has 3 aliphatic carbocycles. The number of hydrogen-bond acceptors (Lipinski definition) is 0. The molecule has 0 aliphatic heterocycles. The van der Waals surface area contributed by atoms with Gasteiger partial charge in [-0.05, 0) is 0 Å². The Morgan fingerprint density at radius 2 is 1.37 bits per heavy atom. The molecule has 0 heterocycles. The van der Waals surface area contributed by atoms with Gasteiger partial charge in [-0.1, -0.05) is 0 Å². The molecule has 0 radical (unpaired) electrons. The number of allylic oxidation sites excluding steroid dienone is 4. The molecule has 1 saturated carbocycles. The van der Waals surface area contributed by atoms with Gasteiger partial charge in [-0.3, -0.25) is 0 Å². The van der Waals surface area contributed by atoms with Gasteiger partial charge in [0.2, 0.25) is 0 Å². The maximum Gasteiger partial charge on any atom is -1.00 e. The van der Waals surface area contributed by atoms with Crippen molar-refractivity contribution in [2.75, 3.05) is 0 Å². The Morgan fingerprint density at radius 1 is 0.829 bits per heavy atom. The first-order valence-corrected chi connectivity index (χ1v) is 16.4. The first-order valence-electron chi connectivity index (χ1n) is 12.6. The van der Waals surface area contributed by atoms with E-state index in [1.807, 2.05) is 18.6 Å². The van der Waals surface area contributed by atoms with Crippen LogP contribution in [0.25, 0.3) is 23.3 Å². The van der Waals surface area contributed by atoms with Gasteiger partial charge >= 0.3 is 209 Å². The second-order valence-corrected chi connectivity index (χ2v) is 17.7. The Balaban J connectivity index is 0.00000171. The molecule has 1 fully saturated rings. The van der Waals surface area contributed by atoms with Gasteiger partial charge in [0.05, 0.1) is 0 Å². The topological polar surface area (TPSA) is 0 Å². The molecule has 0 N–H and O–H groups in total. The second kappa shape index (κ2) is 11.4. The third-order valence-corrected chi connectivity index (χ3v) is 16.4. The summed E-state index contributed by atoms with van der Waals surface area (Å²) in [6, 6.07) is 14.2. The normalized spacial score (nSPS) is 16.6. The summed E-state index contributed by atoms with van der Waals surface area (Å²) in [7, 11) is 0. The predicted octanol–water partition coefficient (Wildman–Crippen LogP) is 3.07. The first-order chi connectivity index (χ1) is 15.9. The van der Waals surface area contributed by atoms with E-state index in [9.17, 15) is 0 Å². The molecule has 2 aromatic rings. The van der Waals surface area contributed by atoms with Crippen molar-refractivity contribution in [2.24, 2.45) is 5.41 Å². The SMILES string of the molecule is C=Cc1ccc2c(c1)-c1cc(C=C)ccc1[CH]2[Zr+2]([C]1=CC(C(C)(C)C)=CC1)=[C]1CCCCC1.[Cl-].[Cl-]. The van der Waals surface area contributed by atoms with Crippen LogP contribution in [0.2, 0.25) is 0 Å². The van der Waals surface area contributed by atoms with Gasteiger partial charge in [-0.2, -0.15) is 0 Å². The summed E-state index contributed by atoms with van der Waals surface area (Å²) in [6.07, 6.45) is 17.3. The fraction of sp³-hybridized carbons (Fsp3) is 0.344. The molecule has 0 spiro atoms. The van der Waals surface area contributed by atoms with Crippen molar-refractivity contribution in [2.45, 2.75) is 62.9 Å². The fourth-order valence-electron chi connectivity index (χ4n) is 5.95. The van der Waals surface area contributed by atoms with E-state index in [4.69, 9.17) is 0 Å². The number of benzene rings is 2. The van der Waals surface area contributed by atoms with Crippen LogP contribution in [-0.2, 0) is 21.3 Å². The maximum absolute atomic E-state index is 4.04. The number of hydrogen-bond donors (Lipinski definition) is 0. The van der Waals surface area contributed by atoms with Crippen LogP contribution in [0.4, 0.5) is 0 Å². The van der Waals surface area contributed by atoms with Gasteiger partial charge in [0, 0.05) is 0 Å². The predicted molar refractivity (Wildman–Crippen MR) is 142 cm³/mol. The smallest absolute Gasteiger partial charge is 1.00 e. The molecule has 0 saturated heterocycles. The Hall–Kier alpha value is -1.27. The van der Waals surface area contributed by atoms with E-state index in [1.54, 1.807) is 16.7 Å². The number of fused-ring (bicyclic) bond motifs is 3. The molecule has 0 atom stereocenters. The van der Waals surface area contributed by atoms with E-state index in [0.29, 0.717) is 3.63 Å². The van der Waals surface area contributed by atoms with Gasteiger partial charge in [0.25, 0.3) is 0 Å². The molecule has 0 nitrogen and oxygen atoms in total. The van der Waals surface area contributed by atoms with Crippen LogP contribution in [0.15, 0.2) is 70.6 Å². The van der Waals surface area contributed by atoms with Crippen LogP contribution in [-0.4, -0.2) is 3.21 Å². The summed E-state index contributed by atoms with van der Waals surface area (Å²) in [5.74, 6) is 0. The molecular formula is C32H36Cl2Zr. The molecule has 0 bridgehead atoms. The standard InChI is InChI=1S/C17H13.C9H13.C6H10.2ClH.Zr/c1-3-12-5-7-14-11-15-8-6-13(4-2)10-17(15)16(14)9-12;1-9(2,3)8-6-4-5-7-8;1-2-4-6-5-3-1;;;/h3-11H,1-2H2;6-7H,4H2,1-3H3;1-5H2;2*1H;/q;;;;;+2/p-2. The second-order valence-electron chi connectivity index (χ2n) is 10.9. The summed E-state index contributed by atoms with van der Waals surface area (Å²) in [6.45, 7) is 15.2. The molecule has 0 aromatic heterocycles. The summed E-state index contributed by atoms with van der Waals surface area (Å²) < 4.78 is 4.40. The average Bonchev–Trinajstić information content (AvgIpc) is 3.44. The minimum absolute atomic E-state index is 0. The zero-order valence-corrected chi connectivity index (χ0v) is 25.2. The van der Waals surface area contributed by atoms with Crippen molar-refractivity contribution < 1.29 is 46.1 Å². The van der Waals surface area contributed by atoms with E-state index in [1.165, 1.54) is 60.8 Å². The molecule has 182 valence electrons. The third kappa shape index (κ3) is 5.39. The molecule has 0 amide bonds. The van der Waals surface area contributed by atoms with E-state index in [2.05, 4.69) is 82.5 Å². The molecule has 5 rings (SSSR count). The quantitative estimate of drug-likeness (QED) is 0.520. The average molecular weight is 583 g/mol. The first kappa shape index (κ1) is 28.3. The van der Waals surface area contributed by atoms with Crippen molar-refractivity contribution in [3.63, 3.8) is 0 Å². The molecule has 0 unspecified atom stereocenters. The minimum Gasteiger partial charge on any atom is -1.00 e. The van der Waals surface area contributed by atoms with Crippen LogP contribution in [0.3, 0.4) is 0 Å². The van der Waals surface area contributed by atoms with Crippen molar-refractivity contribution in [1.29, 1.82) is 0 Å². The third-order valence-electron chi connectivity index (χ3n) is 7.75. The maximum atomic E-state index is 4.04. The molecule has 3 aliphatic rings. The molecule has 3 heteroatoms. The summed E-state index contributed by atoms with van der Waals surface area (Å²) in [5, 5.41) is 0. The molecular weight excluding hydrogens is 546 g/mol. The van der Waals surface area contributed by atoms with Crippen LogP contribution < -0.4 is 24.8 Å². The van der Waals surface area contributed by atoms with Gasteiger partial charge in [-0.15, -0.1) is 0 Å². The number of rotatable bonds is 4. The minimum atomic E-state index is -2.16. The Morgan fingerprint density at radius 3 is 1.83 bits per heavy atom. The zero-order chi connectivity index (χ0) is 23.2. The van der Waals surface area contributed by atoms with E-state index in [-0.39, 0.29) is 30.2 Å². The monoisotopic (exact) mass is 580 g/mol. The van der Waals surface area contributed by atoms with E-state index >= 15 is 0 Å². The number of halogens is 2. The van der Waals surface area contributed by atoms with Gasteiger partial charge in [0.15, 0.2) is 0 Å². The van der Waals surface area contributed by atoms with Gasteiger partial charge in [0.1, 0.15) is 0 Å². The largest absolute Gasteiger partial charge is 1.00 e. The van der Waals surface area contributed by atoms with Crippen LogP contribution >= 0.6 is 0 Å². The summed E-state index contributed by atoms with van der Waals surface area (Å²) >= 11 is -2.16. The van der Waals surface area contributed by atoms with Crippen LogP contribution in [0.5, 0.6) is 0 Å². The van der Waals surface area contributed by atoms with Crippen LogP contribution in [0.1, 0.15) is 85.2 Å². The Labute approximate surface area is 232 Å². The Kier molecular flexibility index (Phi) is 9.23. The van der Waals surface area contributed by atoms with Crippen molar-refractivity contribution >= 4 is 15.4 Å². The zero-order valence-electron chi connectivity index (χ0n) is 21.3. The fourth-order valence-corrected chi connectivity index (χ4v) is 15.5. The van der Waals surface area contributed by atoms with E-state index in [0.717, 1.165) is 0 Å². The molecule has 35 heavy (non-hydrogen) atoms. The van der Waals surface area contributed by atoms with Crippen molar-refractivity contribution in [3.8, 4) is 11.1 Å². The van der Waals surface area contributed by atoms with Crippen LogP contribution in [0, 0.1) is 5.41 Å². The van der Waals surface area contributed by atoms with Crippen molar-refractivity contribution in [3.05, 3.63) is 92.8 Å². The van der Waals surface area contributed by atoms with Gasteiger partial charge in [-0.25, -0.2) is 0 Å².